The van der Waals surface area contributed by atoms with Crippen molar-refractivity contribution >= 4 is 27.2 Å². The van der Waals surface area contributed by atoms with Crippen LogP contribution in [0.15, 0.2) is 30.3 Å². The molecule has 8 nitrogen and oxygen atoms in total. The highest BCUT2D eigenvalue weighted by molar-refractivity contribution is 7.91. The van der Waals surface area contributed by atoms with Crippen molar-refractivity contribution in [3.8, 4) is 0 Å². The summed E-state index contributed by atoms with van der Waals surface area (Å²) >= 11 is 0. The van der Waals surface area contributed by atoms with Gasteiger partial charge in [-0.3, -0.25) is 4.79 Å². The molecule has 1 aromatic carbocycles. The number of nitrogens with zero attached hydrogens (tertiary/aromatic N) is 4. The molecular formula is C21H25N5O3S. The molecule has 1 aliphatic rings. The zero-order valence-corrected chi connectivity index (χ0v) is 17.9. The number of aromatic nitrogens is 4. The van der Waals surface area contributed by atoms with Gasteiger partial charge in [0.15, 0.2) is 9.84 Å². The number of anilines is 1. The predicted molar refractivity (Wildman–Crippen MR) is 114 cm³/mol. The second kappa shape index (κ2) is 8.14. The van der Waals surface area contributed by atoms with E-state index in [0.717, 1.165) is 43.5 Å². The fraction of sp³-hybridized carbons (Fsp3) is 0.429. The van der Waals surface area contributed by atoms with Crippen molar-refractivity contribution in [1.82, 2.24) is 19.6 Å². The van der Waals surface area contributed by atoms with Crippen LogP contribution in [0, 0.1) is 13.8 Å². The number of aryl methyl sites for hydroxylation is 2. The Morgan fingerprint density at radius 3 is 2.67 bits per heavy atom. The van der Waals surface area contributed by atoms with E-state index in [1.807, 2.05) is 19.9 Å². The summed E-state index contributed by atoms with van der Waals surface area (Å²) in [5.74, 6) is -0.109. The quantitative estimate of drug-likeness (QED) is 0.670. The number of fused-ring (bicyclic) bond motifs is 1. The Bertz CT molecular complexity index is 1200. The van der Waals surface area contributed by atoms with Crippen molar-refractivity contribution in [3.63, 3.8) is 0 Å². The number of rotatable bonds is 5. The lowest BCUT2D eigenvalue weighted by Gasteiger charge is -2.21. The Morgan fingerprint density at radius 2 is 1.90 bits per heavy atom. The molecule has 30 heavy (non-hydrogen) atoms. The van der Waals surface area contributed by atoms with Crippen molar-refractivity contribution in [2.75, 3.05) is 5.32 Å². The van der Waals surface area contributed by atoms with E-state index < -0.39 is 15.7 Å². The fourth-order valence-corrected chi connectivity index (χ4v) is 5.89. The highest BCUT2D eigenvalue weighted by Gasteiger charge is 2.27. The van der Waals surface area contributed by atoms with E-state index in [1.54, 1.807) is 24.3 Å². The van der Waals surface area contributed by atoms with Gasteiger partial charge in [-0.25, -0.2) is 17.9 Å². The third-order valence-electron chi connectivity index (χ3n) is 5.43. The topological polar surface area (TPSA) is 106 Å². The lowest BCUT2D eigenvalue weighted by atomic mass is 10.0. The first kappa shape index (κ1) is 20.5. The molecule has 0 aliphatic heterocycles. The molecule has 2 aromatic heterocycles. The van der Waals surface area contributed by atoms with Gasteiger partial charge in [-0.1, -0.05) is 31.4 Å². The maximum atomic E-state index is 12.8. The van der Waals surface area contributed by atoms with Gasteiger partial charge in [0.05, 0.1) is 11.0 Å². The highest BCUT2D eigenvalue weighted by Crippen LogP contribution is 2.26. The smallest absolute Gasteiger partial charge is 0.295 e. The first-order valence-electron chi connectivity index (χ1n) is 10.1. The Balaban J connectivity index is 1.50. The molecule has 4 rings (SSSR count). The van der Waals surface area contributed by atoms with Crippen LogP contribution in [-0.2, 0) is 15.6 Å². The van der Waals surface area contributed by atoms with Crippen LogP contribution in [0.1, 0.15) is 59.7 Å². The largest absolute Gasteiger partial charge is 0.319 e. The van der Waals surface area contributed by atoms with Crippen molar-refractivity contribution in [1.29, 1.82) is 0 Å². The Kier molecular flexibility index (Phi) is 5.55. The summed E-state index contributed by atoms with van der Waals surface area (Å²) in [6.07, 6.45) is 4.54. The van der Waals surface area contributed by atoms with Gasteiger partial charge in [-0.2, -0.15) is 4.98 Å². The highest BCUT2D eigenvalue weighted by atomic mass is 32.2. The van der Waals surface area contributed by atoms with Crippen LogP contribution in [0.25, 0.3) is 5.78 Å². The number of carbonyl (C=O) groups is 1. The van der Waals surface area contributed by atoms with Gasteiger partial charge in [0.2, 0.25) is 5.82 Å². The van der Waals surface area contributed by atoms with Crippen LogP contribution in [0.3, 0.4) is 0 Å². The van der Waals surface area contributed by atoms with Crippen molar-refractivity contribution in [2.24, 2.45) is 0 Å². The Hall–Kier alpha value is -2.81. The number of hydrogen-bond acceptors (Lipinski definition) is 6. The maximum Gasteiger partial charge on any atom is 0.295 e. The zero-order valence-electron chi connectivity index (χ0n) is 17.1. The van der Waals surface area contributed by atoms with Crippen LogP contribution >= 0.6 is 0 Å². The lowest BCUT2D eigenvalue weighted by Crippen LogP contribution is -2.25. The van der Waals surface area contributed by atoms with Gasteiger partial charge in [0.25, 0.3) is 11.7 Å². The molecule has 1 aliphatic carbocycles. The normalized spacial score (nSPS) is 15.4. The second-order valence-electron chi connectivity index (χ2n) is 7.91. The van der Waals surface area contributed by atoms with Crippen molar-refractivity contribution in [2.45, 2.75) is 57.0 Å². The molecular weight excluding hydrogens is 402 g/mol. The molecule has 1 saturated carbocycles. The molecule has 1 N–H and O–H groups in total. The van der Waals surface area contributed by atoms with Gasteiger partial charge < -0.3 is 5.32 Å². The number of hydrogen-bond donors (Lipinski definition) is 1. The monoisotopic (exact) mass is 427 g/mol. The van der Waals surface area contributed by atoms with E-state index in [0.29, 0.717) is 17.0 Å². The summed E-state index contributed by atoms with van der Waals surface area (Å²) in [5.41, 5.74) is 2.80. The summed E-state index contributed by atoms with van der Waals surface area (Å²) in [7, 11) is -3.21. The molecule has 9 heteroatoms. The van der Waals surface area contributed by atoms with E-state index in [4.69, 9.17) is 0 Å². The zero-order chi connectivity index (χ0) is 21.3. The third-order valence-corrected chi connectivity index (χ3v) is 7.66. The number of carbonyl (C=O) groups excluding carboxylic acids is 1. The molecule has 0 spiro atoms. The van der Waals surface area contributed by atoms with Crippen LogP contribution in [0.2, 0.25) is 0 Å². The first-order chi connectivity index (χ1) is 14.3. The lowest BCUT2D eigenvalue weighted by molar-refractivity contribution is 0.101. The van der Waals surface area contributed by atoms with Crippen LogP contribution in [0.4, 0.5) is 5.69 Å². The average molecular weight is 428 g/mol. The molecule has 1 fully saturated rings. The van der Waals surface area contributed by atoms with Gasteiger partial charge in [-0.15, -0.1) is 5.10 Å². The fourth-order valence-electron chi connectivity index (χ4n) is 3.96. The summed E-state index contributed by atoms with van der Waals surface area (Å²) in [6.45, 7) is 3.72. The first-order valence-corrected chi connectivity index (χ1v) is 11.9. The number of amides is 1. The van der Waals surface area contributed by atoms with Crippen molar-refractivity contribution in [3.05, 3.63) is 53.1 Å². The Morgan fingerprint density at radius 1 is 1.13 bits per heavy atom. The molecule has 0 saturated heterocycles. The molecule has 3 aromatic rings. The molecule has 0 atom stereocenters. The Labute approximate surface area is 175 Å². The van der Waals surface area contributed by atoms with Crippen LogP contribution in [0.5, 0.6) is 0 Å². The summed E-state index contributed by atoms with van der Waals surface area (Å²) < 4.78 is 27.0. The van der Waals surface area contributed by atoms with E-state index in [-0.39, 0.29) is 16.8 Å². The molecule has 0 radical (unpaired) electrons. The molecule has 0 unspecified atom stereocenters. The van der Waals surface area contributed by atoms with E-state index in [9.17, 15) is 13.2 Å². The second-order valence-corrected chi connectivity index (χ2v) is 10.2. The summed E-state index contributed by atoms with van der Waals surface area (Å²) in [4.78, 5) is 21.1. The van der Waals surface area contributed by atoms with Gasteiger partial charge in [0, 0.05) is 17.1 Å². The van der Waals surface area contributed by atoms with Gasteiger partial charge in [-0.05, 0) is 50.5 Å². The van der Waals surface area contributed by atoms with E-state index >= 15 is 0 Å². The molecule has 0 bridgehead atoms. The van der Waals surface area contributed by atoms with Crippen molar-refractivity contribution < 1.29 is 13.2 Å². The number of nitrogens with one attached hydrogen (secondary N) is 1. The standard InChI is InChI=1S/C21H25N5O3S/c1-14-11-15(2)26-21(22-14)24-19(25-26)20(27)23-17-8-6-7-16(12-17)13-30(28,29)18-9-4-3-5-10-18/h6-8,11-12,18H,3-5,9-10,13H2,1-2H3,(H,23,27). The van der Waals surface area contributed by atoms with Crippen LogP contribution in [-0.4, -0.2) is 39.2 Å². The summed E-state index contributed by atoms with van der Waals surface area (Å²) in [5, 5.41) is 6.73. The minimum absolute atomic E-state index is 0.0106. The molecule has 158 valence electrons. The average Bonchev–Trinajstić information content (AvgIpc) is 3.13. The van der Waals surface area contributed by atoms with E-state index in [2.05, 4.69) is 20.4 Å². The number of benzene rings is 1. The van der Waals surface area contributed by atoms with E-state index in [1.165, 1.54) is 4.52 Å². The number of sulfone groups is 1. The SMILES string of the molecule is Cc1cc(C)n2nc(C(=O)Nc3cccc(CS(=O)(=O)C4CCCCC4)c3)nc2n1. The minimum Gasteiger partial charge on any atom is -0.319 e. The molecule has 2 heterocycles. The maximum absolute atomic E-state index is 12.8. The minimum atomic E-state index is -3.21. The molecule has 1 amide bonds. The van der Waals surface area contributed by atoms with Gasteiger partial charge in [0.1, 0.15) is 0 Å². The third kappa shape index (κ3) is 4.35. The van der Waals surface area contributed by atoms with Crippen LogP contribution < -0.4 is 5.32 Å². The van der Waals surface area contributed by atoms with Gasteiger partial charge >= 0.3 is 0 Å². The predicted octanol–water partition coefficient (Wildman–Crippen LogP) is 3.24. The summed E-state index contributed by atoms with van der Waals surface area (Å²) in [6, 6.07) is 8.79.